The van der Waals surface area contributed by atoms with Crippen LogP contribution in [0, 0.1) is 5.92 Å². The molecular formula is C22H34N2O8S. The number of rotatable bonds is 16. The summed E-state index contributed by atoms with van der Waals surface area (Å²) in [5, 5.41) is 8.79. The van der Waals surface area contributed by atoms with E-state index in [1.165, 1.54) is 12.8 Å². The van der Waals surface area contributed by atoms with E-state index in [1.54, 1.807) is 13.8 Å². The van der Waals surface area contributed by atoms with Crippen LogP contribution in [0.15, 0.2) is 24.3 Å². The van der Waals surface area contributed by atoms with Crippen LogP contribution >= 0.6 is 0 Å². The van der Waals surface area contributed by atoms with Gasteiger partial charge in [-0.15, -0.1) is 0 Å². The van der Waals surface area contributed by atoms with Crippen LogP contribution < -0.4 is 9.46 Å². The number of hydrogen-bond acceptors (Lipinski definition) is 7. The van der Waals surface area contributed by atoms with E-state index < -0.39 is 28.1 Å². The molecule has 1 aromatic rings. The highest BCUT2D eigenvalue weighted by molar-refractivity contribution is 7.89. The van der Waals surface area contributed by atoms with Gasteiger partial charge in [-0.2, -0.15) is 0 Å². The van der Waals surface area contributed by atoms with E-state index in [2.05, 4.69) is 4.72 Å². The Morgan fingerprint density at radius 1 is 1.30 bits per heavy atom. The number of nitrogens with one attached hydrogen (secondary N) is 1. The van der Waals surface area contributed by atoms with Crippen molar-refractivity contribution in [2.24, 2.45) is 5.92 Å². The van der Waals surface area contributed by atoms with Crippen LogP contribution in [0.1, 0.15) is 51.1 Å². The van der Waals surface area contributed by atoms with Crippen LogP contribution in [0.4, 0.5) is 4.79 Å². The molecule has 1 amide bonds. The van der Waals surface area contributed by atoms with Crippen LogP contribution in [0.25, 0.3) is 0 Å². The Bertz CT molecular complexity index is 873. The quantitative estimate of drug-likeness (QED) is 0.269. The van der Waals surface area contributed by atoms with Gasteiger partial charge < -0.3 is 19.3 Å². The minimum atomic E-state index is -3.56. The van der Waals surface area contributed by atoms with Gasteiger partial charge in [0.1, 0.15) is 12.5 Å². The second-order valence-corrected chi connectivity index (χ2v) is 9.86. The molecule has 1 atom stereocenters. The Balaban J connectivity index is 1.74. The van der Waals surface area contributed by atoms with E-state index in [1.807, 2.05) is 24.3 Å². The summed E-state index contributed by atoms with van der Waals surface area (Å²) < 4.78 is 43.5. The molecule has 186 valence electrons. The number of ether oxygens (including phenoxy) is 3. The standard InChI is InChI=1S/C22H34N2O8S/c1-3-31-22(27)24(11-10-21(25)26)16-30-12-5-13-33(28,29)23-17(2)19-6-4-7-20(14-19)32-15-18-8-9-18/h4,6-7,14,17-18,23H,3,5,8-13,15-16H2,1-2H3,(H,25,26). The van der Waals surface area contributed by atoms with E-state index >= 15 is 0 Å². The first kappa shape index (κ1) is 26.9. The van der Waals surface area contributed by atoms with Crippen molar-refractivity contribution in [3.63, 3.8) is 0 Å². The molecule has 0 saturated heterocycles. The second-order valence-electron chi connectivity index (χ2n) is 7.98. The van der Waals surface area contributed by atoms with E-state index in [-0.39, 0.29) is 45.1 Å². The average Bonchev–Trinajstić information content (AvgIpc) is 3.58. The Morgan fingerprint density at radius 3 is 2.73 bits per heavy atom. The molecule has 0 aliphatic heterocycles. The fraction of sp³-hybridized carbons (Fsp3) is 0.636. The number of amides is 1. The van der Waals surface area contributed by atoms with E-state index in [9.17, 15) is 18.0 Å². The molecule has 1 fully saturated rings. The molecule has 0 heterocycles. The SMILES string of the molecule is CCOC(=O)N(CCC(=O)O)COCCCS(=O)(=O)NC(C)c1cccc(OCC2CC2)c1. The van der Waals surface area contributed by atoms with Crippen molar-refractivity contribution in [1.29, 1.82) is 0 Å². The first-order chi connectivity index (χ1) is 15.7. The zero-order valence-corrected chi connectivity index (χ0v) is 20.0. The zero-order valence-electron chi connectivity index (χ0n) is 19.2. The predicted molar refractivity (Wildman–Crippen MR) is 121 cm³/mol. The van der Waals surface area contributed by atoms with Crippen LogP contribution in [-0.4, -0.2) is 69.3 Å². The first-order valence-electron chi connectivity index (χ1n) is 11.1. The number of benzene rings is 1. The number of aliphatic carboxylic acids is 1. The highest BCUT2D eigenvalue weighted by Crippen LogP contribution is 2.30. The average molecular weight is 487 g/mol. The summed E-state index contributed by atoms with van der Waals surface area (Å²) in [4.78, 5) is 23.7. The molecule has 1 aromatic carbocycles. The van der Waals surface area contributed by atoms with Gasteiger partial charge in [-0.25, -0.2) is 17.9 Å². The Labute approximate surface area is 195 Å². The van der Waals surface area contributed by atoms with Crippen molar-refractivity contribution in [2.45, 2.75) is 45.6 Å². The first-order valence-corrected chi connectivity index (χ1v) is 12.8. The molecule has 0 aromatic heterocycles. The van der Waals surface area contributed by atoms with E-state index in [0.717, 1.165) is 16.2 Å². The van der Waals surface area contributed by atoms with Crippen molar-refractivity contribution in [2.75, 3.05) is 38.8 Å². The molecule has 33 heavy (non-hydrogen) atoms. The van der Waals surface area contributed by atoms with Gasteiger partial charge in [-0.3, -0.25) is 9.69 Å². The molecular weight excluding hydrogens is 452 g/mol. The van der Waals surface area contributed by atoms with Crippen molar-refractivity contribution >= 4 is 22.1 Å². The summed E-state index contributed by atoms with van der Waals surface area (Å²) in [6.45, 7) is 4.10. The summed E-state index contributed by atoms with van der Waals surface area (Å²) >= 11 is 0. The summed E-state index contributed by atoms with van der Waals surface area (Å²) in [6, 6.07) is 6.98. The largest absolute Gasteiger partial charge is 0.493 e. The lowest BCUT2D eigenvalue weighted by Crippen LogP contribution is -2.36. The summed E-state index contributed by atoms with van der Waals surface area (Å²) in [5.41, 5.74) is 0.812. The van der Waals surface area contributed by atoms with Gasteiger partial charge in [0.2, 0.25) is 10.0 Å². The van der Waals surface area contributed by atoms with Crippen molar-refractivity contribution < 1.29 is 37.3 Å². The summed E-state index contributed by atoms with van der Waals surface area (Å²) in [5.74, 6) is 0.167. The number of carbonyl (C=O) groups excluding carboxylic acids is 1. The maximum atomic E-state index is 12.4. The fourth-order valence-electron chi connectivity index (χ4n) is 2.95. The number of carbonyl (C=O) groups is 2. The number of sulfonamides is 1. The van der Waals surface area contributed by atoms with Gasteiger partial charge in [0.05, 0.1) is 25.4 Å². The third-order valence-corrected chi connectivity index (χ3v) is 6.51. The Kier molecular flexibility index (Phi) is 10.9. The molecule has 1 aliphatic carbocycles. The zero-order chi connectivity index (χ0) is 24.3. The van der Waals surface area contributed by atoms with Gasteiger partial charge >= 0.3 is 12.1 Å². The minimum absolute atomic E-state index is 0.0605. The third-order valence-electron chi connectivity index (χ3n) is 4.97. The van der Waals surface area contributed by atoms with Gasteiger partial charge in [0.25, 0.3) is 0 Å². The van der Waals surface area contributed by atoms with E-state index in [0.29, 0.717) is 12.5 Å². The lowest BCUT2D eigenvalue weighted by molar-refractivity contribution is -0.137. The minimum Gasteiger partial charge on any atom is -0.493 e. The van der Waals surface area contributed by atoms with Gasteiger partial charge in [-0.05, 0) is 56.7 Å². The fourth-order valence-corrected chi connectivity index (χ4v) is 4.24. The number of hydrogen-bond donors (Lipinski definition) is 2. The van der Waals surface area contributed by atoms with Gasteiger partial charge in [0.15, 0.2) is 0 Å². The smallest absolute Gasteiger partial charge is 0.411 e. The number of carboxylic acid groups (broad SMARTS) is 1. The van der Waals surface area contributed by atoms with Crippen molar-refractivity contribution in [1.82, 2.24) is 9.62 Å². The molecule has 0 radical (unpaired) electrons. The van der Waals surface area contributed by atoms with E-state index in [4.69, 9.17) is 19.3 Å². The predicted octanol–water partition coefficient (Wildman–Crippen LogP) is 2.75. The van der Waals surface area contributed by atoms with Crippen molar-refractivity contribution in [3.05, 3.63) is 29.8 Å². The monoisotopic (exact) mass is 486 g/mol. The van der Waals surface area contributed by atoms with Gasteiger partial charge in [0, 0.05) is 19.2 Å². The van der Waals surface area contributed by atoms with Crippen LogP contribution in [-0.2, 0) is 24.3 Å². The lowest BCUT2D eigenvalue weighted by atomic mass is 10.1. The highest BCUT2D eigenvalue weighted by Gasteiger charge is 2.22. The van der Waals surface area contributed by atoms with Crippen LogP contribution in [0.2, 0.25) is 0 Å². The lowest BCUT2D eigenvalue weighted by Gasteiger charge is -2.21. The Hall–Kier alpha value is -2.37. The molecule has 1 saturated carbocycles. The molecule has 1 aliphatic rings. The normalized spacial score (nSPS) is 14.5. The molecule has 0 spiro atoms. The summed E-state index contributed by atoms with van der Waals surface area (Å²) in [6.07, 6.45) is 1.68. The van der Waals surface area contributed by atoms with Crippen LogP contribution in [0.3, 0.4) is 0 Å². The maximum Gasteiger partial charge on any atom is 0.411 e. The van der Waals surface area contributed by atoms with Crippen molar-refractivity contribution in [3.8, 4) is 5.75 Å². The van der Waals surface area contributed by atoms with Crippen LogP contribution in [0.5, 0.6) is 5.75 Å². The molecule has 11 heteroatoms. The maximum absolute atomic E-state index is 12.4. The molecule has 0 bridgehead atoms. The number of nitrogens with zero attached hydrogens (tertiary/aromatic N) is 1. The van der Waals surface area contributed by atoms with Gasteiger partial charge in [-0.1, -0.05) is 12.1 Å². The Morgan fingerprint density at radius 2 is 2.06 bits per heavy atom. The highest BCUT2D eigenvalue weighted by atomic mass is 32.2. The summed E-state index contributed by atoms with van der Waals surface area (Å²) in [7, 11) is -3.56. The topological polar surface area (TPSA) is 131 Å². The molecule has 1 unspecified atom stereocenters. The molecule has 10 nitrogen and oxygen atoms in total. The molecule has 2 N–H and O–H groups in total. The molecule has 2 rings (SSSR count). The number of carboxylic acids is 1. The second kappa shape index (κ2) is 13.4. The third kappa shape index (κ3) is 10.9.